The van der Waals surface area contributed by atoms with E-state index in [4.69, 9.17) is 9.47 Å². The van der Waals surface area contributed by atoms with Crippen LogP contribution in [0.2, 0.25) is 0 Å². The van der Waals surface area contributed by atoms with Gasteiger partial charge in [-0.15, -0.1) is 11.3 Å². The summed E-state index contributed by atoms with van der Waals surface area (Å²) >= 11 is 2.99. The molecule has 0 saturated carbocycles. The predicted octanol–water partition coefficient (Wildman–Crippen LogP) is 3.27. The van der Waals surface area contributed by atoms with Crippen molar-refractivity contribution in [2.75, 3.05) is 19.0 Å². The van der Waals surface area contributed by atoms with Gasteiger partial charge in [-0.25, -0.2) is 9.79 Å². The molecule has 1 atom stereocenters. The van der Waals surface area contributed by atoms with Crippen LogP contribution < -0.4 is 5.32 Å². The summed E-state index contributed by atoms with van der Waals surface area (Å²) in [4.78, 5) is 29.4. The van der Waals surface area contributed by atoms with E-state index in [1.165, 1.54) is 11.8 Å². The van der Waals surface area contributed by atoms with Crippen LogP contribution >= 0.6 is 23.1 Å². The number of thiophene rings is 1. The third-order valence-electron chi connectivity index (χ3n) is 3.38. The molecule has 1 aromatic rings. The van der Waals surface area contributed by atoms with Crippen molar-refractivity contribution < 1.29 is 19.1 Å². The molecule has 1 aromatic heterocycles. The summed E-state index contributed by atoms with van der Waals surface area (Å²) in [7, 11) is 0. The molecule has 0 unspecified atom stereocenters. The molecular formula is C17H22N2O4S2. The minimum atomic E-state index is -0.384. The molecular weight excluding hydrogens is 360 g/mol. The van der Waals surface area contributed by atoms with Crippen LogP contribution in [0.5, 0.6) is 0 Å². The van der Waals surface area contributed by atoms with Gasteiger partial charge in [0, 0.05) is 16.3 Å². The molecule has 8 heteroatoms. The molecule has 0 spiro atoms. The second-order valence-electron chi connectivity index (χ2n) is 5.14. The Bertz CT molecular complexity index is 668. The van der Waals surface area contributed by atoms with Gasteiger partial charge in [0.2, 0.25) is 0 Å². The zero-order chi connectivity index (χ0) is 18.2. The van der Waals surface area contributed by atoms with Crippen molar-refractivity contribution in [1.82, 2.24) is 5.32 Å². The molecule has 0 aromatic carbocycles. The number of ether oxygens (including phenoxy) is 2. The lowest BCUT2D eigenvalue weighted by Crippen LogP contribution is -2.30. The maximum atomic E-state index is 12.3. The summed E-state index contributed by atoms with van der Waals surface area (Å²) < 4.78 is 10.1. The number of amidine groups is 1. The molecule has 0 saturated heterocycles. The van der Waals surface area contributed by atoms with E-state index < -0.39 is 0 Å². The molecule has 0 amide bonds. The number of allylic oxidation sites excluding steroid dienone is 1. The summed E-state index contributed by atoms with van der Waals surface area (Å²) in [5, 5.41) is 5.79. The SMILES string of the molecule is CCOC(=O)CCSC1=N[C@@H](c2cccs2)C(C(=O)OCC)=C(C)N1. The Morgan fingerprint density at radius 3 is 2.72 bits per heavy atom. The molecule has 0 aliphatic carbocycles. The fraction of sp³-hybridized carbons (Fsp3) is 0.471. The van der Waals surface area contributed by atoms with Gasteiger partial charge in [-0.05, 0) is 32.2 Å². The van der Waals surface area contributed by atoms with Crippen LogP contribution in [0, 0.1) is 0 Å². The summed E-state index contributed by atoms with van der Waals surface area (Å²) in [6.07, 6.45) is 0.316. The molecule has 136 valence electrons. The summed E-state index contributed by atoms with van der Waals surface area (Å²) in [6, 6.07) is 3.51. The van der Waals surface area contributed by atoms with Crippen molar-refractivity contribution in [2.24, 2.45) is 4.99 Å². The molecule has 25 heavy (non-hydrogen) atoms. The van der Waals surface area contributed by atoms with Crippen LogP contribution in [0.3, 0.4) is 0 Å². The second kappa shape index (κ2) is 9.62. The fourth-order valence-corrected chi connectivity index (χ4v) is 3.95. The van der Waals surface area contributed by atoms with E-state index in [9.17, 15) is 9.59 Å². The summed E-state index contributed by atoms with van der Waals surface area (Å²) in [6.45, 7) is 6.11. The van der Waals surface area contributed by atoms with E-state index >= 15 is 0 Å². The van der Waals surface area contributed by atoms with E-state index in [-0.39, 0.29) is 18.0 Å². The number of thioether (sulfide) groups is 1. The standard InChI is InChI=1S/C17H22N2O4S2/c1-4-22-13(20)8-10-25-17-18-11(3)14(16(21)23-5-2)15(19-17)12-7-6-9-24-12/h6-7,9,15H,4-5,8,10H2,1-3H3,(H,18,19)/t15-/m0/s1. The average Bonchev–Trinajstić information content (AvgIpc) is 3.09. The Balaban J connectivity index is 2.13. The van der Waals surface area contributed by atoms with Crippen LogP contribution in [0.15, 0.2) is 33.8 Å². The quantitative estimate of drug-likeness (QED) is 0.730. The smallest absolute Gasteiger partial charge is 0.338 e. The zero-order valence-corrected chi connectivity index (χ0v) is 16.2. The lowest BCUT2D eigenvalue weighted by atomic mass is 10.0. The number of hydrogen-bond acceptors (Lipinski definition) is 8. The molecule has 0 radical (unpaired) electrons. The third-order valence-corrected chi connectivity index (χ3v) is 5.19. The zero-order valence-electron chi connectivity index (χ0n) is 14.5. The lowest BCUT2D eigenvalue weighted by molar-refractivity contribution is -0.142. The van der Waals surface area contributed by atoms with Gasteiger partial charge in [0.15, 0.2) is 5.17 Å². The first kappa shape index (κ1) is 19.5. The van der Waals surface area contributed by atoms with Gasteiger partial charge in [-0.3, -0.25) is 4.79 Å². The van der Waals surface area contributed by atoms with Crippen LogP contribution in [0.25, 0.3) is 0 Å². The van der Waals surface area contributed by atoms with E-state index in [1.807, 2.05) is 24.4 Å². The van der Waals surface area contributed by atoms with Crippen LogP contribution in [-0.4, -0.2) is 36.1 Å². The number of aliphatic imine (C=N–C) groups is 1. The molecule has 1 aliphatic rings. The summed E-state index contributed by atoms with van der Waals surface area (Å²) in [5.74, 6) is -0.0185. The number of carbonyl (C=O) groups is 2. The van der Waals surface area contributed by atoms with Crippen molar-refractivity contribution in [2.45, 2.75) is 33.2 Å². The van der Waals surface area contributed by atoms with Gasteiger partial charge in [0.25, 0.3) is 0 Å². The van der Waals surface area contributed by atoms with Gasteiger partial charge >= 0.3 is 11.9 Å². The van der Waals surface area contributed by atoms with Gasteiger partial charge in [-0.2, -0.15) is 0 Å². The van der Waals surface area contributed by atoms with Crippen molar-refractivity contribution in [1.29, 1.82) is 0 Å². The molecule has 0 fully saturated rings. The van der Waals surface area contributed by atoms with E-state index in [2.05, 4.69) is 10.3 Å². The highest BCUT2D eigenvalue weighted by molar-refractivity contribution is 8.13. The molecule has 2 heterocycles. The number of nitrogens with zero attached hydrogens (tertiary/aromatic N) is 1. The van der Waals surface area contributed by atoms with Crippen LogP contribution in [0.4, 0.5) is 0 Å². The minimum absolute atomic E-state index is 0.222. The highest BCUT2D eigenvalue weighted by Gasteiger charge is 2.30. The Kier molecular flexibility index (Phi) is 7.52. The summed E-state index contributed by atoms with van der Waals surface area (Å²) in [5.41, 5.74) is 1.25. The molecule has 2 rings (SSSR count). The average molecular weight is 383 g/mol. The first-order chi connectivity index (χ1) is 12.1. The number of rotatable bonds is 7. The number of nitrogens with one attached hydrogen (secondary N) is 1. The maximum Gasteiger partial charge on any atom is 0.338 e. The molecule has 0 bridgehead atoms. The van der Waals surface area contributed by atoms with Gasteiger partial charge in [-0.1, -0.05) is 17.8 Å². The van der Waals surface area contributed by atoms with Crippen LogP contribution in [0.1, 0.15) is 38.1 Å². The first-order valence-electron chi connectivity index (χ1n) is 8.11. The Hall–Kier alpha value is -1.80. The Labute approximate surface area is 155 Å². The topological polar surface area (TPSA) is 77.0 Å². The van der Waals surface area contributed by atoms with E-state index in [1.54, 1.807) is 25.2 Å². The fourth-order valence-electron chi connectivity index (χ4n) is 2.31. The van der Waals surface area contributed by atoms with E-state index in [0.29, 0.717) is 36.1 Å². The minimum Gasteiger partial charge on any atom is -0.466 e. The highest BCUT2D eigenvalue weighted by Crippen LogP contribution is 2.35. The third kappa shape index (κ3) is 5.34. The van der Waals surface area contributed by atoms with Crippen molar-refractivity contribution >= 4 is 40.2 Å². The van der Waals surface area contributed by atoms with Crippen molar-refractivity contribution in [3.63, 3.8) is 0 Å². The predicted molar refractivity (Wildman–Crippen MR) is 101 cm³/mol. The first-order valence-corrected chi connectivity index (χ1v) is 9.97. The molecule has 1 N–H and O–H groups in total. The number of esters is 2. The van der Waals surface area contributed by atoms with Gasteiger partial charge < -0.3 is 14.8 Å². The van der Waals surface area contributed by atoms with Gasteiger partial charge in [0.05, 0.1) is 25.2 Å². The molecule has 1 aliphatic heterocycles. The second-order valence-corrected chi connectivity index (χ2v) is 7.20. The highest BCUT2D eigenvalue weighted by atomic mass is 32.2. The molecule has 6 nitrogen and oxygen atoms in total. The number of carbonyl (C=O) groups excluding carboxylic acids is 2. The largest absolute Gasteiger partial charge is 0.466 e. The Morgan fingerprint density at radius 2 is 2.08 bits per heavy atom. The monoisotopic (exact) mass is 382 g/mol. The van der Waals surface area contributed by atoms with Crippen molar-refractivity contribution in [3.8, 4) is 0 Å². The Morgan fingerprint density at radius 1 is 1.32 bits per heavy atom. The number of hydrogen-bond donors (Lipinski definition) is 1. The van der Waals surface area contributed by atoms with Crippen molar-refractivity contribution in [3.05, 3.63) is 33.7 Å². The van der Waals surface area contributed by atoms with Crippen LogP contribution in [-0.2, 0) is 19.1 Å². The van der Waals surface area contributed by atoms with Gasteiger partial charge in [0.1, 0.15) is 6.04 Å². The lowest BCUT2D eigenvalue weighted by Gasteiger charge is -2.24. The maximum absolute atomic E-state index is 12.3. The van der Waals surface area contributed by atoms with E-state index in [0.717, 1.165) is 10.6 Å². The normalized spacial score (nSPS) is 16.9.